The van der Waals surface area contributed by atoms with Gasteiger partial charge in [0.1, 0.15) is 0 Å². The lowest BCUT2D eigenvalue weighted by Gasteiger charge is -2.43. The van der Waals surface area contributed by atoms with Gasteiger partial charge in [-0.2, -0.15) is 0 Å². The van der Waals surface area contributed by atoms with E-state index in [2.05, 4.69) is 19.9 Å². The van der Waals surface area contributed by atoms with Crippen LogP contribution in [-0.4, -0.2) is 30.6 Å². The average molecular weight is 289 g/mol. The number of hydrogen-bond acceptors (Lipinski definition) is 3. The summed E-state index contributed by atoms with van der Waals surface area (Å²) in [6, 6.07) is 4.06. The van der Waals surface area contributed by atoms with Gasteiger partial charge in [0.15, 0.2) is 11.5 Å². The minimum atomic E-state index is -0.147. The number of carbonyl (C=O) groups excluding carboxylic acids is 1. The van der Waals surface area contributed by atoms with E-state index >= 15 is 0 Å². The van der Waals surface area contributed by atoms with Crippen LogP contribution in [-0.2, 0) is 17.8 Å². The molecule has 114 valence electrons. The van der Waals surface area contributed by atoms with Crippen molar-refractivity contribution in [2.24, 2.45) is 5.92 Å². The minimum absolute atomic E-state index is 0.147. The van der Waals surface area contributed by atoms with E-state index in [0.717, 1.165) is 30.8 Å². The van der Waals surface area contributed by atoms with Crippen LogP contribution >= 0.6 is 0 Å². The molecule has 1 amide bonds. The number of hydrogen-bond donors (Lipinski definition) is 0. The molecule has 0 bridgehead atoms. The number of amides is 1. The van der Waals surface area contributed by atoms with Crippen molar-refractivity contribution in [1.29, 1.82) is 0 Å². The summed E-state index contributed by atoms with van der Waals surface area (Å²) in [6.07, 6.45) is 2.94. The third-order valence-corrected chi connectivity index (χ3v) is 4.58. The summed E-state index contributed by atoms with van der Waals surface area (Å²) in [6.45, 7) is 4.96. The highest BCUT2D eigenvalue weighted by molar-refractivity contribution is 5.82. The zero-order valence-electron chi connectivity index (χ0n) is 13.2. The Morgan fingerprint density at radius 2 is 1.71 bits per heavy atom. The molecule has 3 rings (SSSR count). The van der Waals surface area contributed by atoms with Gasteiger partial charge in [0.2, 0.25) is 5.91 Å². The molecule has 4 heteroatoms. The molecule has 0 saturated heterocycles. The van der Waals surface area contributed by atoms with E-state index in [-0.39, 0.29) is 11.5 Å². The van der Waals surface area contributed by atoms with Gasteiger partial charge in [0.05, 0.1) is 14.2 Å². The monoisotopic (exact) mass is 289 g/mol. The van der Waals surface area contributed by atoms with Crippen LogP contribution in [0, 0.1) is 5.92 Å². The zero-order valence-corrected chi connectivity index (χ0v) is 13.2. The highest BCUT2D eigenvalue weighted by Crippen LogP contribution is 2.40. The summed E-state index contributed by atoms with van der Waals surface area (Å²) in [5, 5.41) is 0. The van der Waals surface area contributed by atoms with Crippen molar-refractivity contribution in [2.45, 2.75) is 45.2 Å². The van der Waals surface area contributed by atoms with Crippen molar-refractivity contribution in [3.63, 3.8) is 0 Å². The Hall–Kier alpha value is -1.71. The molecule has 0 atom stereocenters. The Bertz CT molecular complexity index is 576. The Kier molecular flexibility index (Phi) is 3.34. The van der Waals surface area contributed by atoms with Gasteiger partial charge >= 0.3 is 0 Å². The molecule has 0 radical (unpaired) electrons. The van der Waals surface area contributed by atoms with E-state index in [9.17, 15) is 4.79 Å². The number of benzene rings is 1. The molecule has 1 fully saturated rings. The first-order valence-electron chi connectivity index (χ1n) is 7.51. The topological polar surface area (TPSA) is 38.8 Å². The van der Waals surface area contributed by atoms with Gasteiger partial charge in [-0.25, -0.2) is 0 Å². The fourth-order valence-electron chi connectivity index (χ4n) is 3.15. The summed E-state index contributed by atoms with van der Waals surface area (Å²) in [5.74, 6) is 2.05. The first-order chi connectivity index (χ1) is 9.96. The minimum Gasteiger partial charge on any atom is -0.493 e. The molecule has 0 aromatic heterocycles. The highest BCUT2D eigenvalue weighted by Gasteiger charge is 2.42. The van der Waals surface area contributed by atoms with Crippen LogP contribution < -0.4 is 9.47 Å². The number of methoxy groups -OCH3 is 2. The molecule has 21 heavy (non-hydrogen) atoms. The second-order valence-electron chi connectivity index (χ2n) is 6.66. The van der Waals surface area contributed by atoms with E-state index in [1.807, 2.05) is 11.0 Å². The van der Waals surface area contributed by atoms with Crippen molar-refractivity contribution in [1.82, 2.24) is 4.90 Å². The molecule has 0 unspecified atom stereocenters. The SMILES string of the molecule is COc1cc2c(cc1OC)CC(C)(C)N(C(=O)C1CC1)C2. The number of fused-ring (bicyclic) bond motifs is 1. The molecule has 1 aliphatic heterocycles. The Labute approximate surface area is 126 Å². The maximum Gasteiger partial charge on any atom is 0.226 e. The molecule has 0 N–H and O–H groups in total. The van der Waals surface area contributed by atoms with Crippen LogP contribution in [0.2, 0.25) is 0 Å². The third-order valence-electron chi connectivity index (χ3n) is 4.58. The largest absolute Gasteiger partial charge is 0.493 e. The van der Waals surface area contributed by atoms with E-state index in [4.69, 9.17) is 9.47 Å². The van der Waals surface area contributed by atoms with Gasteiger partial charge in [0.25, 0.3) is 0 Å². The Morgan fingerprint density at radius 3 is 2.24 bits per heavy atom. The predicted molar refractivity (Wildman–Crippen MR) is 80.6 cm³/mol. The van der Waals surface area contributed by atoms with E-state index in [1.54, 1.807) is 14.2 Å². The molecule has 1 aromatic rings. The van der Waals surface area contributed by atoms with Crippen LogP contribution in [0.4, 0.5) is 0 Å². The van der Waals surface area contributed by atoms with E-state index in [0.29, 0.717) is 12.5 Å². The summed E-state index contributed by atoms with van der Waals surface area (Å²) < 4.78 is 10.8. The molecular weight excluding hydrogens is 266 g/mol. The average Bonchev–Trinajstić information content (AvgIpc) is 3.28. The van der Waals surface area contributed by atoms with Crippen molar-refractivity contribution in [2.75, 3.05) is 14.2 Å². The van der Waals surface area contributed by atoms with Crippen molar-refractivity contribution in [3.05, 3.63) is 23.3 Å². The van der Waals surface area contributed by atoms with Crippen molar-refractivity contribution in [3.8, 4) is 11.5 Å². The maximum absolute atomic E-state index is 12.5. The number of rotatable bonds is 3. The first-order valence-corrected chi connectivity index (χ1v) is 7.51. The van der Waals surface area contributed by atoms with Gasteiger partial charge < -0.3 is 14.4 Å². The summed E-state index contributed by atoms with van der Waals surface area (Å²) in [5.41, 5.74) is 2.27. The third kappa shape index (κ3) is 2.47. The molecular formula is C17H23NO3. The smallest absolute Gasteiger partial charge is 0.226 e. The van der Waals surface area contributed by atoms with Gasteiger partial charge in [-0.1, -0.05) is 0 Å². The second kappa shape index (κ2) is 4.93. The lowest BCUT2D eigenvalue weighted by molar-refractivity contribution is -0.139. The quantitative estimate of drug-likeness (QED) is 0.859. The summed E-state index contributed by atoms with van der Waals surface area (Å²) >= 11 is 0. The lowest BCUT2D eigenvalue weighted by atomic mass is 9.85. The fraction of sp³-hybridized carbons (Fsp3) is 0.588. The lowest BCUT2D eigenvalue weighted by Crippen LogP contribution is -2.52. The van der Waals surface area contributed by atoms with Crippen molar-refractivity contribution >= 4 is 5.91 Å². The van der Waals surface area contributed by atoms with Crippen LogP contribution in [0.1, 0.15) is 37.8 Å². The van der Waals surface area contributed by atoms with Crippen molar-refractivity contribution < 1.29 is 14.3 Å². The molecule has 0 spiro atoms. The number of carbonyl (C=O) groups is 1. The molecule has 4 nitrogen and oxygen atoms in total. The van der Waals surface area contributed by atoms with E-state index in [1.165, 1.54) is 11.1 Å². The standard InChI is InChI=1S/C17H23NO3/c1-17(2)9-12-7-14(20-3)15(21-4)8-13(12)10-18(17)16(19)11-5-6-11/h7-8,11H,5-6,9-10H2,1-4H3. The van der Waals surface area contributed by atoms with Gasteiger partial charge in [-0.15, -0.1) is 0 Å². The molecule has 1 heterocycles. The molecule has 1 aliphatic carbocycles. The van der Waals surface area contributed by atoms with E-state index < -0.39 is 0 Å². The van der Waals surface area contributed by atoms with Crippen LogP contribution in [0.25, 0.3) is 0 Å². The van der Waals surface area contributed by atoms with Crippen LogP contribution in [0.5, 0.6) is 11.5 Å². The molecule has 2 aliphatic rings. The highest BCUT2D eigenvalue weighted by atomic mass is 16.5. The number of nitrogens with zero attached hydrogens (tertiary/aromatic N) is 1. The summed E-state index contributed by atoms with van der Waals surface area (Å²) in [7, 11) is 3.30. The van der Waals surface area contributed by atoms with Gasteiger partial charge in [-0.05, 0) is 56.4 Å². The van der Waals surface area contributed by atoms with Crippen LogP contribution in [0.15, 0.2) is 12.1 Å². The fourth-order valence-corrected chi connectivity index (χ4v) is 3.15. The second-order valence-corrected chi connectivity index (χ2v) is 6.66. The predicted octanol–water partition coefficient (Wildman–Crippen LogP) is 2.78. The Morgan fingerprint density at radius 1 is 1.14 bits per heavy atom. The number of ether oxygens (including phenoxy) is 2. The first kappa shape index (κ1) is 14.2. The Balaban J connectivity index is 1.97. The molecule has 1 saturated carbocycles. The van der Waals surface area contributed by atoms with Crippen LogP contribution in [0.3, 0.4) is 0 Å². The molecule has 1 aromatic carbocycles. The summed E-state index contributed by atoms with van der Waals surface area (Å²) in [4.78, 5) is 14.6. The maximum atomic E-state index is 12.5. The van der Waals surface area contributed by atoms with Gasteiger partial charge in [-0.3, -0.25) is 4.79 Å². The van der Waals surface area contributed by atoms with Gasteiger partial charge in [0, 0.05) is 18.0 Å². The zero-order chi connectivity index (χ0) is 15.2. The normalized spacial score (nSPS) is 19.9.